The van der Waals surface area contributed by atoms with Crippen LogP contribution in [-0.4, -0.2) is 88.6 Å². The molecule has 37 heavy (non-hydrogen) atoms. The fraction of sp³-hybridized carbons (Fsp3) is 0.727. The van der Waals surface area contributed by atoms with Crippen molar-refractivity contribution in [2.75, 3.05) is 18.6 Å². The maximum atomic E-state index is 13.0. The number of rotatable bonds is 19. The van der Waals surface area contributed by atoms with Crippen LogP contribution in [0.4, 0.5) is 0 Å². The van der Waals surface area contributed by atoms with E-state index in [2.05, 4.69) is 20.9 Å². The first-order valence-electron chi connectivity index (χ1n) is 11.9. The average Bonchev–Trinajstić information content (AvgIpc) is 2.80. The number of carbonyl (C=O) groups is 5. The highest BCUT2D eigenvalue weighted by Crippen LogP contribution is 2.09. The number of amides is 3. The van der Waals surface area contributed by atoms with E-state index in [0.29, 0.717) is 12.2 Å². The van der Waals surface area contributed by atoms with Crippen LogP contribution in [0.3, 0.4) is 0 Å². The number of aliphatic imine (C=N–C) groups is 1. The second-order valence-corrected chi connectivity index (χ2v) is 9.91. The van der Waals surface area contributed by atoms with Gasteiger partial charge in [0, 0.05) is 13.0 Å². The number of hydrogen-bond donors (Lipinski definition) is 8. The Morgan fingerprint density at radius 1 is 0.865 bits per heavy atom. The van der Waals surface area contributed by atoms with E-state index in [4.69, 9.17) is 22.3 Å². The number of nitrogens with zero attached hydrogens (tertiary/aromatic N) is 1. The molecule has 0 heterocycles. The van der Waals surface area contributed by atoms with Gasteiger partial charge in [-0.25, -0.2) is 4.79 Å². The molecule has 0 saturated heterocycles. The van der Waals surface area contributed by atoms with Gasteiger partial charge in [-0.15, -0.1) is 0 Å². The predicted molar refractivity (Wildman–Crippen MR) is 141 cm³/mol. The van der Waals surface area contributed by atoms with E-state index < -0.39 is 60.2 Å². The molecule has 0 saturated carbocycles. The van der Waals surface area contributed by atoms with Gasteiger partial charge in [-0.2, -0.15) is 11.8 Å². The summed E-state index contributed by atoms with van der Waals surface area (Å²) in [5.41, 5.74) is 16.4. The summed E-state index contributed by atoms with van der Waals surface area (Å²) >= 11 is 1.43. The zero-order valence-corrected chi connectivity index (χ0v) is 22.4. The quantitative estimate of drug-likeness (QED) is 0.0528. The summed E-state index contributed by atoms with van der Waals surface area (Å²) in [5, 5.41) is 25.9. The van der Waals surface area contributed by atoms with E-state index in [1.54, 1.807) is 0 Å². The molecule has 0 aliphatic rings. The van der Waals surface area contributed by atoms with Gasteiger partial charge < -0.3 is 43.4 Å². The van der Waals surface area contributed by atoms with Gasteiger partial charge in [-0.3, -0.25) is 24.2 Å². The van der Waals surface area contributed by atoms with Crippen LogP contribution in [0.1, 0.15) is 52.4 Å². The molecule has 0 aromatic rings. The van der Waals surface area contributed by atoms with E-state index in [9.17, 15) is 29.1 Å². The largest absolute Gasteiger partial charge is 0.481 e. The number of aliphatic carboxylic acids is 2. The molecule has 0 rings (SSSR count). The number of nitrogens with one attached hydrogen (secondary N) is 3. The van der Waals surface area contributed by atoms with E-state index in [0.717, 1.165) is 0 Å². The number of nitrogens with two attached hydrogens (primary N) is 3. The second-order valence-electron chi connectivity index (χ2n) is 8.92. The Morgan fingerprint density at radius 3 is 1.95 bits per heavy atom. The van der Waals surface area contributed by atoms with Crippen LogP contribution in [0.2, 0.25) is 0 Å². The second kappa shape index (κ2) is 18.2. The highest BCUT2D eigenvalue weighted by atomic mass is 32.2. The fourth-order valence-electron chi connectivity index (χ4n) is 3.21. The van der Waals surface area contributed by atoms with E-state index in [1.807, 2.05) is 20.1 Å². The molecule has 0 aromatic heterocycles. The lowest BCUT2D eigenvalue weighted by Gasteiger charge is -2.26. The lowest BCUT2D eigenvalue weighted by molar-refractivity contribution is -0.142. The summed E-state index contributed by atoms with van der Waals surface area (Å²) in [5.74, 6) is -4.15. The zero-order chi connectivity index (χ0) is 28.5. The van der Waals surface area contributed by atoms with Crippen LogP contribution in [0.5, 0.6) is 0 Å². The Kier molecular flexibility index (Phi) is 16.7. The van der Waals surface area contributed by atoms with Crippen molar-refractivity contribution >= 4 is 47.4 Å². The first-order chi connectivity index (χ1) is 17.3. The van der Waals surface area contributed by atoms with Crippen LogP contribution < -0.4 is 33.2 Å². The minimum absolute atomic E-state index is 0.0452. The fourth-order valence-corrected chi connectivity index (χ4v) is 3.68. The first kappa shape index (κ1) is 33.9. The molecule has 0 fully saturated rings. The Hall–Kier alpha value is -3.07. The van der Waals surface area contributed by atoms with Gasteiger partial charge in [0.15, 0.2) is 5.96 Å². The van der Waals surface area contributed by atoms with Crippen molar-refractivity contribution in [3.63, 3.8) is 0 Å². The van der Waals surface area contributed by atoms with Crippen molar-refractivity contribution in [3.8, 4) is 0 Å². The molecule has 0 aliphatic heterocycles. The van der Waals surface area contributed by atoms with Gasteiger partial charge in [-0.05, 0) is 50.0 Å². The highest BCUT2D eigenvalue weighted by Gasteiger charge is 2.30. The van der Waals surface area contributed by atoms with Gasteiger partial charge in [0.25, 0.3) is 0 Å². The SMILES string of the molecule is CSCCC(NC(=O)C(CC(C)C)NC(=O)C(CCC(=O)O)NC(=O)C(N)CCCN=C(N)N)C(=O)O. The van der Waals surface area contributed by atoms with Crippen molar-refractivity contribution in [1.29, 1.82) is 0 Å². The summed E-state index contributed by atoms with van der Waals surface area (Å²) in [6, 6.07) is -4.51. The Balaban J connectivity index is 5.46. The summed E-state index contributed by atoms with van der Waals surface area (Å²) in [7, 11) is 0. The van der Waals surface area contributed by atoms with Crippen molar-refractivity contribution in [2.24, 2.45) is 28.1 Å². The molecule has 0 aromatic carbocycles. The lowest BCUT2D eigenvalue weighted by Crippen LogP contribution is -2.57. The molecule has 0 aliphatic carbocycles. The summed E-state index contributed by atoms with van der Waals surface area (Å²) < 4.78 is 0. The first-order valence-corrected chi connectivity index (χ1v) is 13.3. The van der Waals surface area contributed by atoms with Gasteiger partial charge in [0.1, 0.15) is 18.1 Å². The van der Waals surface area contributed by atoms with Gasteiger partial charge >= 0.3 is 11.9 Å². The molecular weight excluding hydrogens is 506 g/mol. The predicted octanol–water partition coefficient (Wildman–Crippen LogP) is -1.43. The average molecular weight is 548 g/mol. The number of thioether (sulfide) groups is 1. The summed E-state index contributed by atoms with van der Waals surface area (Å²) in [4.78, 5) is 64.9. The van der Waals surface area contributed by atoms with Crippen LogP contribution in [0.25, 0.3) is 0 Å². The summed E-state index contributed by atoms with van der Waals surface area (Å²) in [6.45, 7) is 3.90. The van der Waals surface area contributed by atoms with E-state index in [1.165, 1.54) is 11.8 Å². The number of carboxylic acids is 2. The number of guanidine groups is 1. The zero-order valence-electron chi connectivity index (χ0n) is 21.6. The molecule has 15 heteroatoms. The molecule has 212 valence electrons. The molecule has 11 N–H and O–H groups in total. The van der Waals surface area contributed by atoms with Crippen molar-refractivity contribution in [3.05, 3.63) is 0 Å². The van der Waals surface area contributed by atoms with E-state index >= 15 is 0 Å². The molecule has 3 amide bonds. The molecule has 4 atom stereocenters. The lowest BCUT2D eigenvalue weighted by atomic mass is 10.0. The molecule has 0 spiro atoms. The van der Waals surface area contributed by atoms with Gasteiger partial charge in [0.2, 0.25) is 17.7 Å². The van der Waals surface area contributed by atoms with Crippen molar-refractivity contribution in [1.82, 2.24) is 16.0 Å². The van der Waals surface area contributed by atoms with Crippen molar-refractivity contribution < 1.29 is 34.2 Å². The minimum atomic E-state index is -1.28. The molecule has 0 radical (unpaired) electrons. The van der Waals surface area contributed by atoms with Crippen LogP contribution in [-0.2, 0) is 24.0 Å². The number of carboxylic acid groups (broad SMARTS) is 2. The third-order valence-corrected chi connectivity index (χ3v) is 5.79. The third kappa shape index (κ3) is 15.6. The van der Waals surface area contributed by atoms with Gasteiger partial charge in [0.05, 0.1) is 6.04 Å². The highest BCUT2D eigenvalue weighted by molar-refractivity contribution is 7.98. The minimum Gasteiger partial charge on any atom is -0.481 e. The Bertz CT molecular complexity index is 806. The molecule has 14 nitrogen and oxygen atoms in total. The molecule has 0 bridgehead atoms. The van der Waals surface area contributed by atoms with Gasteiger partial charge in [-0.1, -0.05) is 13.8 Å². The molecular formula is C22H41N7O7S. The normalized spacial score (nSPS) is 14.1. The number of carbonyl (C=O) groups excluding carboxylic acids is 3. The third-order valence-electron chi connectivity index (χ3n) is 5.15. The Morgan fingerprint density at radius 2 is 1.43 bits per heavy atom. The van der Waals surface area contributed by atoms with Crippen LogP contribution >= 0.6 is 11.8 Å². The smallest absolute Gasteiger partial charge is 0.326 e. The van der Waals surface area contributed by atoms with Crippen molar-refractivity contribution in [2.45, 2.75) is 76.5 Å². The van der Waals surface area contributed by atoms with Crippen LogP contribution in [0.15, 0.2) is 4.99 Å². The van der Waals surface area contributed by atoms with Crippen LogP contribution in [0, 0.1) is 5.92 Å². The molecule has 4 unspecified atom stereocenters. The monoisotopic (exact) mass is 547 g/mol. The Labute approximate surface area is 220 Å². The summed E-state index contributed by atoms with van der Waals surface area (Å²) in [6.07, 6.45) is 2.14. The topological polar surface area (TPSA) is 252 Å². The maximum absolute atomic E-state index is 13.0. The standard InChI is InChI=1S/C22H41N7O7S/c1-12(2)11-16(20(34)28-15(21(35)36)8-10-37-3)29-19(33)14(6-7-17(30)31)27-18(32)13(23)5-4-9-26-22(24)25/h12-16H,4-11,23H2,1-3H3,(H,27,32)(H,28,34)(H,29,33)(H,30,31)(H,35,36)(H4,24,25,26). The number of hydrogen-bond acceptors (Lipinski definition) is 8. The van der Waals surface area contributed by atoms with E-state index in [-0.39, 0.29) is 44.1 Å². The maximum Gasteiger partial charge on any atom is 0.326 e.